The highest BCUT2D eigenvalue weighted by molar-refractivity contribution is 8.00. The number of carbonyl (C=O) groups excluding carboxylic acids is 2. The number of nitroso groups, excluding NO2 is 1. The first kappa shape index (κ1) is 24.7. The van der Waals surface area contributed by atoms with E-state index in [0.717, 1.165) is 42.4 Å². The molecular formula is C18H22N10O5S2. The molecule has 3 aliphatic rings. The van der Waals surface area contributed by atoms with Gasteiger partial charge < -0.3 is 26.9 Å². The summed E-state index contributed by atoms with van der Waals surface area (Å²) in [6.45, 7) is 3.32. The molecule has 0 radical (unpaired) electrons. The lowest BCUT2D eigenvalue weighted by atomic mass is 10.0. The molecule has 2 fully saturated rings. The summed E-state index contributed by atoms with van der Waals surface area (Å²) in [5, 5.41) is 28.9. The molecular weight excluding hydrogens is 500 g/mol. The second-order valence-electron chi connectivity index (χ2n) is 7.55. The van der Waals surface area contributed by atoms with Crippen molar-refractivity contribution in [1.82, 2.24) is 31.0 Å². The highest BCUT2D eigenvalue weighted by atomic mass is 32.2. The van der Waals surface area contributed by atoms with Gasteiger partial charge in [-0.2, -0.15) is 5.10 Å². The van der Waals surface area contributed by atoms with Gasteiger partial charge in [0.25, 0.3) is 11.8 Å². The van der Waals surface area contributed by atoms with Crippen LogP contribution in [0.4, 0.5) is 5.13 Å². The van der Waals surface area contributed by atoms with Crippen LogP contribution in [0.2, 0.25) is 0 Å². The average Bonchev–Trinajstić information content (AvgIpc) is 3.28. The SMILES string of the molecule is Nc1nc(C(N=O)C(=O)NC2C(=O)N3C(C(=O)O)=C(C=NN=CNN4CCNCC4)CS[C@@H]23)cs1. The third kappa shape index (κ3) is 5.31. The molecule has 0 bridgehead atoms. The van der Waals surface area contributed by atoms with Crippen LogP contribution in [0, 0.1) is 4.91 Å². The topological polar surface area (TPSA) is 207 Å². The van der Waals surface area contributed by atoms with Crippen LogP contribution in [0.25, 0.3) is 0 Å². The number of nitrogen functional groups attached to an aromatic ring is 1. The van der Waals surface area contributed by atoms with Gasteiger partial charge in [0, 0.05) is 42.9 Å². The van der Waals surface area contributed by atoms with Crippen molar-refractivity contribution < 1.29 is 19.5 Å². The van der Waals surface area contributed by atoms with Crippen LogP contribution in [0.5, 0.6) is 0 Å². The van der Waals surface area contributed by atoms with Gasteiger partial charge in [-0.25, -0.2) is 14.8 Å². The van der Waals surface area contributed by atoms with Crippen LogP contribution in [-0.4, -0.2) is 93.7 Å². The first-order valence-electron chi connectivity index (χ1n) is 10.4. The van der Waals surface area contributed by atoms with Gasteiger partial charge in [-0.3, -0.25) is 14.5 Å². The van der Waals surface area contributed by atoms with Crippen LogP contribution >= 0.6 is 23.1 Å². The van der Waals surface area contributed by atoms with Gasteiger partial charge in [-0.05, 0) is 5.18 Å². The fourth-order valence-corrected chi connectivity index (χ4v) is 5.55. The Morgan fingerprint density at radius 2 is 2.11 bits per heavy atom. The van der Waals surface area contributed by atoms with E-state index in [-0.39, 0.29) is 22.3 Å². The molecule has 35 heavy (non-hydrogen) atoms. The number of rotatable bonds is 9. The number of carbonyl (C=O) groups is 3. The Bertz CT molecular complexity index is 1100. The standard InChI is InChI=1S/C18H22N10O5S2/c19-18-24-10(7-35-18)11(26-33)14(29)25-12-15(30)28-13(17(31)32)9(6-34-16(12)28)5-21-22-8-23-27-3-1-20-2-4-27/h5,7-8,11-12,16,20H,1-4,6H2,(H2,19,24)(H,22,23)(H,25,29)(H,31,32)/t11?,12?,16-/m0/s1. The highest BCUT2D eigenvalue weighted by Gasteiger charge is 2.54. The number of hydrogen-bond acceptors (Lipinski definition) is 13. The van der Waals surface area contributed by atoms with E-state index in [2.05, 4.69) is 36.4 Å². The van der Waals surface area contributed by atoms with Crippen molar-refractivity contribution in [2.45, 2.75) is 17.5 Å². The van der Waals surface area contributed by atoms with E-state index in [1.165, 1.54) is 29.7 Å². The molecule has 4 heterocycles. The number of aliphatic carboxylic acids is 1. The van der Waals surface area contributed by atoms with Crippen LogP contribution in [0.3, 0.4) is 0 Å². The zero-order valence-corrected chi connectivity index (χ0v) is 19.8. The number of fused-ring (bicyclic) bond motifs is 1. The van der Waals surface area contributed by atoms with Crippen LogP contribution < -0.4 is 21.8 Å². The maximum absolute atomic E-state index is 12.8. The predicted octanol–water partition coefficient (Wildman–Crippen LogP) is -1.30. The Morgan fingerprint density at radius 1 is 1.34 bits per heavy atom. The van der Waals surface area contributed by atoms with Crippen molar-refractivity contribution in [3.05, 3.63) is 27.3 Å². The minimum atomic E-state index is -1.47. The summed E-state index contributed by atoms with van der Waals surface area (Å²) in [7, 11) is 0. The summed E-state index contributed by atoms with van der Waals surface area (Å²) in [6, 6.07) is -2.48. The number of amides is 2. The van der Waals surface area contributed by atoms with Crippen molar-refractivity contribution in [1.29, 1.82) is 0 Å². The zero-order valence-electron chi connectivity index (χ0n) is 18.2. The molecule has 186 valence electrons. The van der Waals surface area contributed by atoms with Crippen molar-refractivity contribution >= 4 is 58.6 Å². The highest BCUT2D eigenvalue weighted by Crippen LogP contribution is 2.40. The number of piperazine rings is 1. The molecule has 2 saturated heterocycles. The molecule has 2 amide bonds. The first-order valence-corrected chi connectivity index (χ1v) is 12.3. The van der Waals surface area contributed by atoms with Crippen LogP contribution in [0.1, 0.15) is 11.7 Å². The van der Waals surface area contributed by atoms with Gasteiger partial charge in [0.2, 0.25) is 6.04 Å². The summed E-state index contributed by atoms with van der Waals surface area (Å²) in [6.07, 6.45) is 2.69. The molecule has 2 unspecified atom stereocenters. The van der Waals surface area contributed by atoms with E-state index in [4.69, 9.17) is 5.73 Å². The third-order valence-corrected chi connectivity index (χ3v) is 7.36. The Kier molecular flexibility index (Phi) is 7.69. The largest absolute Gasteiger partial charge is 0.477 e. The third-order valence-electron chi connectivity index (χ3n) is 5.37. The number of thiazole rings is 1. The molecule has 0 aliphatic carbocycles. The molecule has 15 nitrogen and oxygen atoms in total. The summed E-state index contributed by atoms with van der Waals surface area (Å²) in [5.41, 5.74) is 8.69. The number of nitrogens with two attached hydrogens (primary N) is 1. The van der Waals surface area contributed by atoms with E-state index < -0.39 is 35.2 Å². The minimum absolute atomic E-state index is 0.0801. The number of carboxylic acid groups (broad SMARTS) is 1. The molecule has 3 atom stereocenters. The fourth-order valence-electron chi connectivity index (χ4n) is 3.67. The number of thioether (sulfide) groups is 1. The first-order chi connectivity index (χ1) is 16.9. The number of nitrogens with one attached hydrogen (secondary N) is 3. The molecule has 17 heteroatoms. The molecule has 6 N–H and O–H groups in total. The van der Waals surface area contributed by atoms with E-state index in [0.29, 0.717) is 5.57 Å². The zero-order chi connectivity index (χ0) is 24.9. The van der Waals surface area contributed by atoms with Crippen molar-refractivity contribution in [2.75, 3.05) is 37.7 Å². The lowest BCUT2D eigenvalue weighted by Gasteiger charge is -2.49. The molecule has 1 aromatic rings. The Balaban J connectivity index is 1.40. The van der Waals surface area contributed by atoms with Gasteiger partial charge in [-0.15, -0.1) is 33.1 Å². The fraction of sp³-hybridized carbons (Fsp3) is 0.444. The molecule has 1 aromatic heterocycles. The monoisotopic (exact) mass is 522 g/mol. The van der Waals surface area contributed by atoms with E-state index in [9.17, 15) is 24.4 Å². The Morgan fingerprint density at radius 3 is 2.77 bits per heavy atom. The Labute approximate surface area is 206 Å². The summed E-state index contributed by atoms with van der Waals surface area (Å²) < 4.78 is 0. The number of hydrogen-bond donors (Lipinski definition) is 5. The lowest BCUT2D eigenvalue weighted by molar-refractivity contribution is -0.150. The minimum Gasteiger partial charge on any atom is -0.477 e. The lowest BCUT2D eigenvalue weighted by Crippen LogP contribution is -2.70. The summed E-state index contributed by atoms with van der Waals surface area (Å²) in [5.74, 6) is -2.51. The van der Waals surface area contributed by atoms with E-state index in [1.807, 2.05) is 5.01 Å². The Hall–Kier alpha value is -3.41. The van der Waals surface area contributed by atoms with Crippen molar-refractivity contribution in [3.8, 4) is 0 Å². The van der Waals surface area contributed by atoms with E-state index in [1.54, 1.807) is 0 Å². The molecule has 0 aromatic carbocycles. The number of anilines is 1. The smallest absolute Gasteiger partial charge is 0.353 e. The number of carboxylic acids is 1. The van der Waals surface area contributed by atoms with Gasteiger partial charge in [0.15, 0.2) is 5.13 Å². The second kappa shape index (κ2) is 10.9. The van der Waals surface area contributed by atoms with Gasteiger partial charge in [0.1, 0.15) is 23.5 Å². The van der Waals surface area contributed by atoms with Gasteiger partial charge >= 0.3 is 5.97 Å². The van der Waals surface area contributed by atoms with E-state index >= 15 is 0 Å². The number of aromatic nitrogens is 1. The molecule has 3 aliphatic heterocycles. The quantitative estimate of drug-likeness (QED) is 0.0846. The average molecular weight is 523 g/mol. The molecule has 0 spiro atoms. The molecule has 4 rings (SSSR count). The number of β-lactam (4-membered cyclic amide) rings is 1. The summed E-state index contributed by atoms with van der Waals surface area (Å²) in [4.78, 5) is 53.4. The maximum Gasteiger partial charge on any atom is 0.353 e. The van der Waals surface area contributed by atoms with Crippen LogP contribution in [-0.2, 0) is 14.4 Å². The van der Waals surface area contributed by atoms with Crippen molar-refractivity contribution in [3.63, 3.8) is 0 Å². The predicted molar refractivity (Wildman–Crippen MR) is 129 cm³/mol. The number of nitrogens with zero attached hydrogens (tertiary/aromatic N) is 6. The normalized spacial score (nSPS) is 23.8. The van der Waals surface area contributed by atoms with Crippen molar-refractivity contribution in [2.24, 2.45) is 15.4 Å². The van der Waals surface area contributed by atoms with Crippen LogP contribution in [0.15, 0.2) is 32.0 Å². The van der Waals surface area contributed by atoms with Gasteiger partial charge in [0.05, 0.1) is 11.9 Å². The summed E-state index contributed by atoms with van der Waals surface area (Å²) >= 11 is 2.30. The second-order valence-corrected chi connectivity index (χ2v) is 9.54. The number of hydrazine groups is 1. The maximum atomic E-state index is 12.8. The van der Waals surface area contributed by atoms with Gasteiger partial charge in [-0.1, -0.05) is 0 Å². The molecule has 0 saturated carbocycles.